The number of nitrogens with zero attached hydrogens (tertiary/aromatic N) is 3. The summed E-state index contributed by atoms with van der Waals surface area (Å²) in [4.78, 5) is 4.58. The highest BCUT2D eigenvalue weighted by atomic mass is 32.2. The maximum atomic E-state index is 11.2. The Morgan fingerprint density at radius 3 is 2.79 bits per heavy atom. The van der Waals surface area contributed by atoms with Gasteiger partial charge in [-0.05, 0) is 37.1 Å². The van der Waals surface area contributed by atoms with Crippen LogP contribution in [0.5, 0.6) is 0 Å². The zero-order chi connectivity index (χ0) is 17.3. The molecule has 124 valence electrons. The van der Waals surface area contributed by atoms with Crippen LogP contribution in [0.3, 0.4) is 0 Å². The van der Waals surface area contributed by atoms with Crippen LogP contribution in [-0.2, 0) is 9.84 Å². The van der Waals surface area contributed by atoms with E-state index >= 15 is 0 Å². The van der Waals surface area contributed by atoms with Gasteiger partial charge in [-0.1, -0.05) is 12.1 Å². The van der Waals surface area contributed by atoms with Crippen molar-refractivity contribution in [2.24, 2.45) is 0 Å². The van der Waals surface area contributed by atoms with Gasteiger partial charge in [-0.15, -0.1) is 0 Å². The molecule has 24 heavy (non-hydrogen) atoms. The average Bonchev–Trinajstić information content (AvgIpc) is 2.90. The summed E-state index contributed by atoms with van der Waals surface area (Å²) in [5, 5.41) is 12.7. The summed E-state index contributed by atoms with van der Waals surface area (Å²) in [5.74, 6) is 0.951. The van der Waals surface area contributed by atoms with E-state index in [1.165, 1.54) is 6.26 Å². The van der Waals surface area contributed by atoms with Gasteiger partial charge in [0.05, 0.1) is 22.3 Å². The third-order valence-electron chi connectivity index (χ3n) is 3.88. The van der Waals surface area contributed by atoms with Crippen LogP contribution in [0.25, 0.3) is 16.7 Å². The third-order valence-corrected chi connectivity index (χ3v) is 4.91. The van der Waals surface area contributed by atoms with Crippen LogP contribution in [0.4, 0.5) is 5.82 Å². The Labute approximate surface area is 140 Å². The molecule has 0 fully saturated rings. The van der Waals surface area contributed by atoms with E-state index in [0.717, 1.165) is 22.4 Å². The number of para-hydroxylation sites is 2. The summed E-state index contributed by atoms with van der Waals surface area (Å²) in [6.07, 6.45) is 1.76. The van der Waals surface area contributed by atoms with Gasteiger partial charge < -0.3 is 5.32 Å². The Kier molecular flexibility index (Phi) is 4.16. The molecule has 1 aromatic carbocycles. The molecule has 0 amide bonds. The molecular formula is C17H18N4O2S. The molecule has 0 aliphatic heterocycles. The highest BCUT2D eigenvalue weighted by molar-refractivity contribution is 7.90. The number of nitrogens with one attached hydrogen (secondary N) is 1. The molecule has 3 aromatic rings. The normalized spacial score (nSPS) is 11.7. The average molecular weight is 342 g/mol. The summed E-state index contributed by atoms with van der Waals surface area (Å²) in [7, 11) is -2.97. The second-order valence-corrected chi connectivity index (χ2v) is 8.13. The number of pyridine rings is 1. The highest BCUT2D eigenvalue weighted by Crippen LogP contribution is 2.26. The number of hydrogen-bond donors (Lipinski definition) is 1. The van der Waals surface area contributed by atoms with E-state index in [9.17, 15) is 13.7 Å². The monoisotopic (exact) mass is 342 g/mol. The molecule has 2 aromatic heterocycles. The summed E-state index contributed by atoms with van der Waals surface area (Å²) in [6, 6.07) is 11.8. The first-order valence-corrected chi connectivity index (χ1v) is 9.69. The molecule has 0 aliphatic rings. The van der Waals surface area contributed by atoms with E-state index in [1.807, 2.05) is 41.7 Å². The number of rotatable bonds is 5. The fourth-order valence-corrected chi connectivity index (χ4v) is 3.44. The Balaban J connectivity index is 2.06. The predicted octanol–water partition coefficient (Wildman–Crippen LogP) is 2.51. The van der Waals surface area contributed by atoms with Gasteiger partial charge in [0.1, 0.15) is 21.7 Å². The molecule has 0 atom stereocenters. The molecule has 0 bridgehead atoms. The van der Waals surface area contributed by atoms with Crippen molar-refractivity contribution in [1.82, 2.24) is 9.38 Å². The fraction of sp³-hybridized carbons (Fsp3) is 0.294. The molecule has 0 saturated carbocycles. The number of imidazole rings is 1. The molecule has 7 heteroatoms. The number of aromatic nitrogens is 2. The van der Waals surface area contributed by atoms with Gasteiger partial charge in [0.2, 0.25) is 0 Å². The zero-order valence-electron chi connectivity index (χ0n) is 13.6. The SMILES string of the molecule is Cc1cc(NCCCS(C)(=O)=O)n2c(nc3ccccc32)c1C#N. The first-order valence-electron chi connectivity index (χ1n) is 7.63. The third kappa shape index (κ3) is 3.05. The lowest BCUT2D eigenvalue weighted by Gasteiger charge is -2.12. The fourth-order valence-electron chi connectivity index (χ4n) is 2.77. The molecular weight excluding hydrogens is 324 g/mol. The minimum Gasteiger partial charge on any atom is -0.371 e. The van der Waals surface area contributed by atoms with Gasteiger partial charge >= 0.3 is 0 Å². The quantitative estimate of drug-likeness (QED) is 0.720. The van der Waals surface area contributed by atoms with Crippen molar-refractivity contribution in [3.05, 3.63) is 41.5 Å². The lowest BCUT2D eigenvalue weighted by molar-refractivity contribution is 0.600. The molecule has 0 aliphatic carbocycles. The van der Waals surface area contributed by atoms with E-state index in [1.54, 1.807) is 0 Å². The van der Waals surface area contributed by atoms with Gasteiger partial charge in [0, 0.05) is 12.8 Å². The maximum Gasteiger partial charge on any atom is 0.157 e. The van der Waals surface area contributed by atoms with E-state index in [0.29, 0.717) is 24.2 Å². The molecule has 0 saturated heterocycles. The first kappa shape index (κ1) is 16.3. The zero-order valence-corrected chi connectivity index (χ0v) is 14.4. The van der Waals surface area contributed by atoms with E-state index in [4.69, 9.17) is 0 Å². The van der Waals surface area contributed by atoms with Crippen LogP contribution in [0.15, 0.2) is 30.3 Å². The van der Waals surface area contributed by atoms with E-state index < -0.39 is 9.84 Å². The van der Waals surface area contributed by atoms with Gasteiger partial charge in [0.25, 0.3) is 0 Å². The molecule has 0 spiro atoms. The second kappa shape index (κ2) is 6.13. The molecule has 3 rings (SSSR count). The van der Waals surface area contributed by atoms with Crippen molar-refractivity contribution in [2.75, 3.05) is 23.9 Å². The molecule has 2 heterocycles. The largest absolute Gasteiger partial charge is 0.371 e. The van der Waals surface area contributed by atoms with Crippen molar-refractivity contribution in [2.45, 2.75) is 13.3 Å². The van der Waals surface area contributed by atoms with Gasteiger partial charge in [0.15, 0.2) is 5.65 Å². The van der Waals surface area contributed by atoms with Crippen LogP contribution < -0.4 is 5.32 Å². The summed E-state index contributed by atoms with van der Waals surface area (Å²) >= 11 is 0. The van der Waals surface area contributed by atoms with Gasteiger partial charge in [-0.3, -0.25) is 4.40 Å². The van der Waals surface area contributed by atoms with Crippen LogP contribution >= 0.6 is 0 Å². The number of fused-ring (bicyclic) bond motifs is 3. The predicted molar refractivity (Wildman–Crippen MR) is 95.0 cm³/mol. The number of nitriles is 1. The number of anilines is 1. The van der Waals surface area contributed by atoms with Gasteiger partial charge in [-0.25, -0.2) is 13.4 Å². The highest BCUT2D eigenvalue weighted by Gasteiger charge is 2.14. The Bertz CT molecular complexity index is 1060. The lowest BCUT2D eigenvalue weighted by atomic mass is 10.1. The van der Waals surface area contributed by atoms with E-state index in [2.05, 4.69) is 16.4 Å². The van der Waals surface area contributed by atoms with Crippen LogP contribution in [-0.4, -0.2) is 36.4 Å². The first-order chi connectivity index (χ1) is 11.4. The smallest absolute Gasteiger partial charge is 0.157 e. The van der Waals surface area contributed by atoms with E-state index in [-0.39, 0.29) is 5.75 Å². The summed E-state index contributed by atoms with van der Waals surface area (Å²) < 4.78 is 24.4. The molecule has 0 unspecified atom stereocenters. The number of sulfone groups is 1. The maximum absolute atomic E-state index is 11.2. The second-order valence-electron chi connectivity index (χ2n) is 5.87. The van der Waals surface area contributed by atoms with Crippen molar-refractivity contribution < 1.29 is 8.42 Å². The summed E-state index contributed by atoms with van der Waals surface area (Å²) in [6.45, 7) is 2.40. The number of benzene rings is 1. The minimum atomic E-state index is -2.97. The number of aryl methyl sites for hydroxylation is 1. The van der Waals surface area contributed by atoms with Crippen molar-refractivity contribution in [3.8, 4) is 6.07 Å². The van der Waals surface area contributed by atoms with Gasteiger partial charge in [-0.2, -0.15) is 5.26 Å². The summed E-state index contributed by atoms with van der Waals surface area (Å²) in [5.41, 5.74) is 3.73. The van der Waals surface area contributed by atoms with Crippen LogP contribution in [0.1, 0.15) is 17.5 Å². The van der Waals surface area contributed by atoms with Crippen LogP contribution in [0, 0.1) is 18.3 Å². The van der Waals surface area contributed by atoms with Crippen LogP contribution in [0.2, 0.25) is 0 Å². The molecule has 1 N–H and O–H groups in total. The Morgan fingerprint density at radius 2 is 2.08 bits per heavy atom. The van der Waals surface area contributed by atoms with Crippen molar-refractivity contribution in [3.63, 3.8) is 0 Å². The topological polar surface area (TPSA) is 87.3 Å². The number of hydrogen-bond acceptors (Lipinski definition) is 5. The molecule has 0 radical (unpaired) electrons. The molecule has 6 nitrogen and oxygen atoms in total. The Morgan fingerprint density at radius 1 is 1.33 bits per heavy atom. The van der Waals surface area contributed by atoms with Crippen molar-refractivity contribution in [1.29, 1.82) is 5.26 Å². The standard InChI is InChI=1S/C17H18N4O2S/c1-12-10-16(19-8-5-9-24(2,22)23)21-15-7-4-3-6-14(15)20-17(21)13(12)11-18/h3-4,6-7,10,19H,5,8-9H2,1-2H3. The van der Waals surface area contributed by atoms with Crippen molar-refractivity contribution >= 4 is 32.3 Å². The Hall–Kier alpha value is -2.59. The minimum absolute atomic E-state index is 0.142. The lowest BCUT2D eigenvalue weighted by Crippen LogP contribution is -2.12.